The van der Waals surface area contributed by atoms with Gasteiger partial charge in [-0.05, 0) is 31.2 Å². The third kappa shape index (κ3) is 4.52. The first-order valence-corrected chi connectivity index (χ1v) is 8.47. The van der Waals surface area contributed by atoms with Crippen molar-refractivity contribution in [3.63, 3.8) is 0 Å². The van der Waals surface area contributed by atoms with Gasteiger partial charge in [0.25, 0.3) is 5.60 Å². The Morgan fingerprint density at radius 2 is 1.35 bits per heavy atom. The van der Waals surface area contributed by atoms with Gasteiger partial charge in [0.2, 0.25) is 0 Å². The van der Waals surface area contributed by atoms with Crippen molar-refractivity contribution in [2.24, 2.45) is 0 Å². The van der Waals surface area contributed by atoms with Crippen LogP contribution >= 0.6 is 0 Å². The molecule has 1 aromatic carbocycles. The number of ether oxygens (including phenoxy) is 2. The molecule has 0 fully saturated rings. The minimum absolute atomic E-state index is 0.0166. The second-order valence-electron chi connectivity index (χ2n) is 6.02. The van der Waals surface area contributed by atoms with E-state index >= 15 is 0 Å². The lowest BCUT2D eigenvalue weighted by molar-refractivity contribution is -0.417. The Balaban J connectivity index is 3.52. The van der Waals surface area contributed by atoms with E-state index in [-0.39, 0.29) is 18.9 Å². The molecule has 0 heterocycles. The lowest BCUT2D eigenvalue weighted by Gasteiger charge is -2.39. The molecule has 2 atom stereocenters. The minimum Gasteiger partial charge on any atom is -0.353 e. The number of alkyl halides is 6. The summed E-state index contributed by atoms with van der Waals surface area (Å²) in [5.41, 5.74) is -4.81. The van der Waals surface area contributed by atoms with E-state index in [1.54, 1.807) is 0 Å². The Kier molecular flexibility index (Phi) is 7.53. The lowest BCUT2D eigenvalue weighted by atomic mass is 9.89. The van der Waals surface area contributed by atoms with Crippen LogP contribution in [0.2, 0.25) is 0 Å². The van der Waals surface area contributed by atoms with Crippen molar-refractivity contribution in [3.05, 3.63) is 35.4 Å². The van der Waals surface area contributed by atoms with E-state index in [4.69, 9.17) is 4.74 Å². The van der Waals surface area contributed by atoms with E-state index in [1.165, 1.54) is 26.0 Å². The van der Waals surface area contributed by atoms with Gasteiger partial charge in [0, 0.05) is 12.2 Å². The second kappa shape index (κ2) is 8.61. The molecule has 0 radical (unpaired) electrons. The number of halogens is 6. The van der Waals surface area contributed by atoms with Gasteiger partial charge in [-0.3, -0.25) is 0 Å². The smallest absolute Gasteiger partial charge is 0.353 e. The first-order chi connectivity index (χ1) is 11.9. The quantitative estimate of drug-likeness (QED) is 0.385. The van der Waals surface area contributed by atoms with Crippen molar-refractivity contribution in [1.82, 2.24) is 0 Å². The highest BCUT2D eigenvalue weighted by molar-refractivity contribution is 5.32. The predicted octanol–water partition coefficient (Wildman–Crippen LogP) is 6.31. The minimum atomic E-state index is -5.71. The summed E-state index contributed by atoms with van der Waals surface area (Å²) in [5, 5.41) is 0. The maximum atomic E-state index is 13.7. The van der Waals surface area contributed by atoms with E-state index in [1.807, 2.05) is 13.8 Å². The highest BCUT2D eigenvalue weighted by Gasteiger charge is 2.74. The van der Waals surface area contributed by atoms with Crippen LogP contribution in [0.4, 0.5) is 26.3 Å². The highest BCUT2D eigenvalue weighted by atomic mass is 19.4. The van der Waals surface area contributed by atoms with Crippen molar-refractivity contribution in [3.8, 4) is 0 Å². The molecule has 26 heavy (non-hydrogen) atoms. The average molecular weight is 386 g/mol. The summed E-state index contributed by atoms with van der Waals surface area (Å²) in [7, 11) is 0. The molecule has 0 N–H and O–H groups in total. The summed E-state index contributed by atoms with van der Waals surface area (Å²) in [6, 6.07) is 4.23. The van der Waals surface area contributed by atoms with Crippen molar-refractivity contribution in [2.75, 3.05) is 6.61 Å². The summed E-state index contributed by atoms with van der Waals surface area (Å²) in [6.45, 7) is 6.51. The van der Waals surface area contributed by atoms with Crippen LogP contribution in [0.5, 0.6) is 0 Å². The fraction of sp³-hybridized carbons (Fsp3) is 0.667. The van der Waals surface area contributed by atoms with E-state index in [2.05, 4.69) is 4.74 Å². The fourth-order valence-electron chi connectivity index (χ4n) is 2.59. The molecule has 0 aliphatic rings. The molecule has 0 spiro atoms. The Labute approximate surface area is 149 Å². The Morgan fingerprint density at radius 3 is 1.69 bits per heavy atom. The summed E-state index contributed by atoms with van der Waals surface area (Å²) < 4.78 is 91.8. The summed E-state index contributed by atoms with van der Waals surface area (Å²) >= 11 is 0. The van der Waals surface area contributed by atoms with Crippen molar-refractivity contribution in [2.45, 2.75) is 70.7 Å². The summed E-state index contributed by atoms with van der Waals surface area (Å²) in [6.07, 6.45) is -12.5. The van der Waals surface area contributed by atoms with E-state index in [0.717, 1.165) is 12.1 Å². The first kappa shape index (κ1) is 22.8. The van der Waals surface area contributed by atoms with Crippen LogP contribution in [0.1, 0.15) is 57.6 Å². The average Bonchev–Trinajstić information content (AvgIpc) is 2.55. The molecule has 0 amide bonds. The first-order valence-electron chi connectivity index (χ1n) is 8.47. The number of rotatable bonds is 8. The van der Waals surface area contributed by atoms with Gasteiger partial charge < -0.3 is 9.47 Å². The van der Waals surface area contributed by atoms with Crippen LogP contribution in [0.25, 0.3) is 0 Å². The molecule has 0 aliphatic heterocycles. The number of hydrogen-bond acceptors (Lipinski definition) is 2. The van der Waals surface area contributed by atoms with Gasteiger partial charge in [-0.25, -0.2) is 0 Å². The van der Waals surface area contributed by atoms with Gasteiger partial charge in [0.15, 0.2) is 6.29 Å². The second-order valence-corrected chi connectivity index (χ2v) is 6.02. The molecule has 0 saturated carbocycles. The molecule has 1 rings (SSSR count). The monoisotopic (exact) mass is 386 g/mol. The van der Waals surface area contributed by atoms with Crippen molar-refractivity contribution in [1.29, 1.82) is 0 Å². The zero-order valence-electron chi connectivity index (χ0n) is 15.2. The molecule has 150 valence electrons. The SMILES string of the molecule is CCOC(CC)OC(c1ccc(C(C)CC)cc1)(C(F)(F)F)C(F)(F)F. The topological polar surface area (TPSA) is 18.5 Å². The standard InChI is InChI=1S/C18H24F6O2/c1-5-12(4)13-8-10-14(11-9-13)16(17(19,20)21,18(22,23)24)26-15(6-2)25-7-3/h8-12,15H,5-7H2,1-4H3. The largest absolute Gasteiger partial charge is 0.430 e. The van der Waals surface area contributed by atoms with Gasteiger partial charge >= 0.3 is 12.4 Å². The Morgan fingerprint density at radius 1 is 0.846 bits per heavy atom. The fourth-order valence-corrected chi connectivity index (χ4v) is 2.59. The van der Waals surface area contributed by atoms with Crippen molar-refractivity contribution < 1.29 is 35.8 Å². The number of hydrogen-bond donors (Lipinski definition) is 0. The zero-order chi connectivity index (χ0) is 20.2. The molecular formula is C18H24F6O2. The molecule has 0 aliphatic carbocycles. The molecular weight excluding hydrogens is 362 g/mol. The van der Waals surface area contributed by atoms with E-state index < -0.39 is 29.8 Å². The maximum absolute atomic E-state index is 13.7. The lowest BCUT2D eigenvalue weighted by Crippen LogP contribution is -2.57. The molecule has 0 saturated heterocycles. The third-order valence-electron chi connectivity index (χ3n) is 4.29. The molecule has 0 bridgehead atoms. The molecule has 8 heteroatoms. The van der Waals surface area contributed by atoms with Gasteiger partial charge in [-0.2, -0.15) is 26.3 Å². The van der Waals surface area contributed by atoms with Crippen LogP contribution in [0.15, 0.2) is 24.3 Å². The van der Waals surface area contributed by atoms with Gasteiger partial charge in [0.1, 0.15) is 0 Å². The van der Waals surface area contributed by atoms with Crippen LogP contribution in [-0.2, 0) is 15.1 Å². The molecule has 1 aromatic rings. The Hall–Kier alpha value is -1.28. The summed E-state index contributed by atoms with van der Waals surface area (Å²) in [5.74, 6) is 0.0166. The van der Waals surface area contributed by atoms with Gasteiger partial charge in [0.05, 0.1) is 0 Å². The molecule has 0 aromatic heterocycles. The van der Waals surface area contributed by atoms with Gasteiger partial charge in [-0.15, -0.1) is 0 Å². The predicted molar refractivity (Wildman–Crippen MR) is 85.7 cm³/mol. The number of benzene rings is 1. The third-order valence-corrected chi connectivity index (χ3v) is 4.29. The van der Waals surface area contributed by atoms with Crippen LogP contribution < -0.4 is 0 Å². The Bertz CT molecular complexity index is 536. The zero-order valence-corrected chi connectivity index (χ0v) is 15.2. The van der Waals surface area contributed by atoms with E-state index in [0.29, 0.717) is 12.0 Å². The van der Waals surface area contributed by atoms with Crippen LogP contribution in [0.3, 0.4) is 0 Å². The normalized spacial score (nSPS) is 15.8. The van der Waals surface area contributed by atoms with Crippen LogP contribution in [-0.4, -0.2) is 25.2 Å². The maximum Gasteiger partial charge on any atom is 0.430 e. The summed E-state index contributed by atoms with van der Waals surface area (Å²) in [4.78, 5) is 0. The molecule has 2 nitrogen and oxygen atoms in total. The highest BCUT2D eigenvalue weighted by Crippen LogP contribution is 2.53. The molecule has 2 unspecified atom stereocenters. The van der Waals surface area contributed by atoms with E-state index in [9.17, 15) is 26.3 Å². The van der Waals surface area contributed by atoms with Crippen LogP contribution in [0, 0.1) is 0 Å². The van der Waals surface area contributed by atoms with Crippen molar-refractivity contribution >= 4 is 0 Å². The van der Waals surface area contributed by atoms with Gasteiger partial charge in [-0.1, -0.05) is 45.0 Å².